The Kier molecular flexibility index (Phi) is 2.87. The molecule has 1 N–H and O–H groups in total. The first-order valence-corrected chi connectivity index (χ1v) is 7.27. The van der Waals surface area contributed by atoms with Gasteiger partial charge in [-0.2, -0.15) is 0 Å². The zero-order valence-corrected chi connectivity index (χ0v) is 11.7. The summed E-state index contributed by atoms with van der Waals surface area (Å²) in [5, 5.41) is 10.6. The van der Waals surface area contributed by atoms with Crippen molar-refractivity contribution in [1.29, 1.82) is 0 Å². The molecular weight excluding hydrogens is 256 g/mol. The first kappa shape index (κ1) is 12.4. The third-order valence-electron chi connectivity index (χ3n) is 4.25. The van der Waals surface area contributed by atoms with Gasteiger partial charge in [0.15, 0.2) is 0 Å². The predicted octanol–water partition coefficient (Wildman–Crippen LogP) is 4.34. The van der Waals surface area contributed by atoms with E-state index >= 15 is 0 Å². The third kappa shape index (κ3) is 2.07. The lowest BCUT2D eigenvalue weighted by Gasteiger charge is -2.13. The molecule has 0 spiro atoms. The Morgan fingerprint density at radius 2 is 1.38 bits per heavy atom. The molecule has 3 aromatic rings. The smallest absolute Gasteiger partial charge is 0.104 e. The molecule has 102 valence electrons. The van der Waals surface area contributed by atoms with E-state index in [1.165, 1.54) is 22.3 Å². The quantitative estimate of drug-likeness (QED) is 0.575. The fraction of sp³-hybridized carbons (Fsp3) is 0.100. The predicted molar refractivity (Wildman–Crippen MR) is 85.2 cm³/mol. The van der Waals surface area contributed by atoms with E-state index in [-0.39, 0.29) is 0 Å². The highest BCUT2D eigenvalue weighted by molar-refractivity contribution is 5.77. The standard InChI is InChI=1S/C20H16O/c21-20(14-6-2-1-3-7-14)17-11-10-16-12-15-8-4-5-9-18(15)19(16)13-17/h1-11,13,20-21H,12H2. The molecule has 0 radical (unpaired) electrons. The van der Waals surface area contributed by atoms with Crippen LogP contribution in [0.4, 0.5) is 0 Å². The van der Waals surface area contributed by atoms with Gasteiger partial charge >= 0.3 is 0 Å². The number of hydrogen-bond donors (Lipinski definition) is 1. The van der Waals surface area contributed by atoms with Crippen LogP contribution >= 0.6 is 0 Å². The lowest BCUT2D eigenvalue weighted by Crippen LogP contribution is -1.99. The van der Waals surface area contributed by atoms with Crippen LogP contribution < -0.4 is 0 Å². The van der Waals surface area contributed by atoms with Crippen LogP contribution in [0.3, 0.4) is 0 Å². The summed E-state index contributed by atoms with van der Waals surface area (Å²) in [6.45, 7) is 0. The van der Waals surface area contributed by atoms with Crippen LogP contribution in [0.25, 0.3) is 11.1 Å². The topological polar surface area (TPSA) is 20.2 Å². The Morgan fingerprint density at radius 1 is 0.667 bits per heavy atom. The van der Waals surface area contributed by atoms with Gasteiger partial charge in [0, 0.05) is 0 Å². The second-order valence-electron chi connectivity index (χ2n) is 5.56. The first-order chi connectivity index (χ1) is 10.3. The van der Waals surface area contributed by atoms with Crippen molar-refractivity contribution in [3.63, 3.8) is 0 Å². The van der Waals surface area contributed by atoms with Crippen LogP contribution in [0.2, 0.25) is 0 Å². The molecule has 0 saturated heterocycles. The van der Waals surface area contributed by atoms with Crippen LogP contribution in [0.15, 0.2) is 72.8 Å². The number of fused-ring (bicyclic) bond motifs is 3. The molecule has 1 atom stereocenters. The minimum absolute atomic E-state index is 0.565. The van der Waals surface area contributed by atoms with Crippen LogP contribution in [0.5, 0.6) is 0 Å². The zero-order chi connectivity index (χ0) is 14.2. The molecule has 21 heavy (non-hydrogen) atoms. The molecule has 1 unspecified atom stereocenters. The maximum absolute atomic E-state index is 10.6. The summed E-state index contributed by atoms with van der Waals surface area (Å²) in [4.78, 5) is 0. The maximum atomic E-state index is 10.6. The summed E-state index contributed by atoms with van der Waals surface area (Å²) in [6, 6.07) is 24.7. The number of aliphatic hydroxyl groups is 1. The van der Waals surface area contributed by atoms with Crippen LogP contribution in [0, 0.1) is 0 Å². The highest BCUT2D eigenvalue weighted by Gasteiger charge is 2.19. The molecule has 0 aliphatic heterocycles. The molecule has 1 nitrogen and oxygen atoms in total. The molecule has 0 fully saturated rings. The van der Waals surface area contributed by atoms with Crippen LogP contribution in [0.1, 0.15) is 28.4 Å². The van der Waals surface area contributed by atoms with Gasteiger partial charge in [-0.05, 0) is 45.9 Å². The second-order valence-corrected chi connectivity index (χ2v) is 5.56. The van der Waals surface area contributed by atoms with Crippen molar-refractivity contribution < 1.29 is 5.11 Å². The Labute approximate surface area is 124 Å². The van der Waals surface area contributed by atoms with Gasteiger partial charge in [0.05, 0.1) is 0 Å². The molecule has 3 aromatic carbocycles. The maximum Gasteiger partial charge on any atom is 0.104 e. The van der Waals surface area contributed by atoms with Gasteiger partial charge in [0.2, 0.25) is 0 Å². The van der Waals surface area contributed by atoms with E-state index in [4.69, 9.17) is 0 Å². The number of aliphatic hydroxyl groups excluding tert-OH is 1. The van der Waals surface area contributed by atoms with Crippen molar-refractivity contribution >= 4 is 0 Å². The Balaban J connectivity index is 1.78. The molecule has 0 bridgehead atoms. The van der Waals surface area contributed by atoms with E-state index in [1.807, 2.05) is 36.4 Å². The molecule has 4 rings (SSSR count). The van der Waals surface area contributed by atoms with E-state index in [9.17, 15) is 5.11 Å². The highest BCUT2D eigenvalue weighted by Crippen LogP contribution is 2.38. The summed E-state index contributed by atoms with van der Waals surface area (Å²) in [6.07, 6.45) is 0.428. The molecule has 0 amide bonds. The molecule has 0 aromatic heterocycles. The second kappa shape index (κ2) is 4.87. The average molecular weight is 272 g/mol. The normalized spacial score (nSPS) is 13.6. The van der Waals surface area contributed by atoms with Gasteiger partial charge in [0.1, 0.15) is 6.10 Å². The molecule has 0 heterocycles. The zero-order valence-electron chi connectivity index (χ0n) is 11.7. The number of benzene rings is 3. The summed E-state index contributed by atoms with van der Waals surface area (Å²) < 4.78 is 0. The first-order valence-electron chi connectivity index (χ1n) is 7.27. The summed E-state index contributed by atoms with van der Waals surface area (Å²) in [5.41, 5.74) is 7.17. The minimum Gasteiger partial charge on any atom is -0.384 e. The van der Waals surface area contributed by atoms with E-state index in [1.54, 1.807) is 0 Å². The Hall–Kier alpha value is -2.38. The molecule has 0 saturated carbocycles. The van der Waals surface area contributed by atoms with Crippen molar-refractivity contribution in [2.24, 2.45) is 0 Å². The average Bonchev–Trinajstić information content (AvgIpc) is 2.93. The van der Waals surface area contributed by atoms with Crippen molar-refractivity contribution in [2.45, 2.75) is 12.5 Å². The largest absolute Gasteiger partial charge is 0.384 e. The fourth-order valence-electron chi connectivity index (χ4n) is 3.14. The van der Waals surface area contributed by atoms with Crippen LogP contribution in [-0.2, 0) is 6.42 Å². The highest BCUT2D eigenvalue weighted by atomic mass is 16.3. The lowest BCUT2D eigenvalue weighted by molar-refractivity contribution is 0.220. The van der Waals surface area contributed by atoms with Gasteiger partial charge < -0.3 is 5.11 Å². The van der Waals surface area contributed by atoms with Gasteiger partial charge in [0.25, 0.3) is 0 Å². The molecular formula is C20H16O. The van der Waals surface area contributed by atoms with Crippen molar-refractivity contribution in [1.82, 2.24) is 0 Å². The van der Waals surface area contributed by atoms with Gasteiger partial charge in [-0.15, -0.1) is 0 Å². The molecule has 1 aliphatic rings. The number of rotatable bonds is 2. The Morgan fingerprint density at radius 3 is 2.24 bits per heavy atom. The van der Waals surface area contributed by atoms with E-state index < -0.39 is 6.10 Å². The van der Waals surface area contributed by atoms with E-state index in [0.29, 0.717) is 0 Å². The monoisotopic (exact) mass is 272 g/mol. The summed E-state index contributed by atoms with van der Waals surface area (Å²) in [5.74, 6) is 0. The number of hydrogen-bond acceptors (Lipinski definition) is 1. The third-order valence-corrected chi connectivity index (χ3v) is 4.25. The molecule has 1 heteroatoms. The van der Waals surface area contributed by atoms with Gasteiger partial charge in [-0.25, -0.2) is 0 Å². The summed E-state index contributed by atoms with van der Waals surface area (Å²) in [7, 11) is 0. The SMILES string of the molecule is OC(c1ccccc1)c1ccc2c(c1)-c1ccccc1C2. The van der Waals surface area contributed by atoms with Crippen molar-refractivity contribution in [2.75, 3.05) is 0 Å². The van der Waals surface area contributed by atoms with E-state index in [0.717, 1.165) is 17.5 Å². The molecule has 1 aliphatic carbocycles. The van der Waals surface area contributed by atoms with Crippen LogP contribution in [-0.4, -0.2) is 5.11 Å². The fourth-order valence-corrected chi connectivity index (χ4v) is 3.14. The van der Waals surface area contributed by atoms with E-state index in [2.05, 4.69) is 36.4 Å². The van der Waals surface area contributed by atoms with Crippen molar-refractivity contribution in [3.8, 4) is 11.1 Å². The van der Waals surface area contributed by atoms with Gasteiger partial charge in [-0.3, -0.25) is 0 Å². The Bertz CT molecular complexity index is 790. The lowest BCUT2D eigenvalue weighted by atomic mass is 9.96. The minimum atomic E-state index is -0.565. The summed E-state index contributed by atoms with van der Waals surface area (Å²) >= 11 is 0. The van der Waals surface area contributed by atoms with Gasteiger partial charge in [-0.1, -0.05) is 66.7 Å². The van der Waals surface area contributed by atoms with Crippen molar-refractivity contribution in [3.05, 3.63) is 95.1 Å².